The van der Waals surface area contributed by atoms with E-state index in [2.05, 4.69) is 9.97 Å². The Labute approximate surface area is 201 Å². The highest BCUT2D eigenvalue weighted by molar-refractivity contribution is 6.31. The Morgan fingerprint density at radius 2 is 2.03 bits per heavy atom. The van der Waals surface area contributed by atoms with Crippen LogP contribution in [-0.2, 0) is 11.3 Å². The largest absolute Gasteiger partial charge is 0.451 e. The molecule has 0 spiro atoms. The molecule has 2 amide bonds. The average Bonchev–Trinajstić information content (AvgIpc) is 3.25. The second-order valence-corrected chi connectivity index (χ2v) is 8.90. The molecule has 8 nitrogen and oxygen atoms in total. The van der Waals surface area contributed by atoms with Crippen molar-refractivity contribution >= 4 is 51.1 Å². The third-order valence-electron chi connectivity index (χ3n) is 6.20. The fourth-order valence-electron chi connectivity index (χ4n) is 4.49. The molecule has 1 aliphatic rings. The number of carbonyl (C=O) groups is 2. The molecule has 34 heavy (non-hydrogen) atoms. The Bertz CT molecular complexity index is 1400. The summed E-state index contributed by atoms with van der Waals surface area (Å²) in [6.45, 7) is 3.30. The summed E-state index contributed by atoms with van der Waals surface area (Å²) in [5.74, 6) is 0.293. The van der Waals surface area contributed by atoms with E-state index in [1.165, 1.54) is 6.33 Å². The zero-order valence-corrected chi connectivity index (χ0v) is 19.5. The number of nitrogen functional groups attached to an aromatic ring is 1. The van der Waals surface area contributed by atoms with Crippen molar-refractivity contribution in [3.05, 3.63) is 65.1 Å². The minimum atomic E-state index is -0.540. The molecule has 1 atom stereocenters. The number of furan rings is 1. The third-order valence-corrected chi connectivity index (χ3v) is 6.44. The molecule has 1 fully saturated rings. The second kappa shape index (κ2) is 8.95. The lowest BCUT2D eigenvalue weighted by Crippen LogP contribution is -2.58. The van der Waals surface area contributed by atoms with Gasteiger partial charge in [-0.1, -0.05) is 31.0 Å². The van der Waals surface area contributed by atoms with Gasteiger partial charge in [-0.15, -0.1) is 0 Å². The average molecular weight is 478 g/mol. The molecule has 4 aromatic rings. The Kier molecular flexibility index (Phi) is 5.83. The number of nitrogens with two attached hydrogens (primary N) is 1. The molecule has 0 aliphatic carbocycles. The highest BCUT2D eigenvalue weighted by Gasteiger charge is 2.38. The number of amides is 2. The van der Waals surface area contributed by atoms with Crippen LogP contribution in [0.15, 0.2) is 53.2 Å². The molecule has 5 rings (SSSR count). The number of halogens is 1. The van der Waals surface area contributed by atoms with E-state index in [4.69, 9.17) is 21.8 Å². The number of benzene rings is 2. The predicted octanol–water partition coefficient (Wildman–Crippen LogP) is 4.26. The molecule has 0 bridgehead atoms. The van der Waals surface area contributed by atoms with Crippen LogP contribution in [-0.4, -0.2) is 50.7 Å². The van der Waals surface area contributed by atoms with Gasteiger partial charge in [0.25, 0.3) is 5.91 Å². The van der Waals surface area contributed by atoms with Crippen LogP contribution in [0.5, 0.6) is 0 Å². The first-order chi connectivity index (χ1) is 16.4. The fraction of sp³-hybridized carbons (Fsp3) is 0.280. The van der Waals surface area contributed by atoms with Gasteiger partial charge in [-0.3, -0.25) is 9.59 Å². The molecule has 9 heteroatoms. The number of nitrogens with zero attached hydrogens (tertiary/aromatic N) is 4. The summed E-state index contributed by atoms with van der Waals surface area (Å²) in [6, 6.07) is 12.1. The summed E-state index contributed by atoms with van der Waals surface area (Å²) < 4.78 is 5.78. The zero-order valence-electron chi connectivity index (χ0n) is 18.7. The lowest BCUT2D eigenvalue weighted by molar-refractivity contribution is -0.141. The number of carbonyl (C=O) groups excluding carboxylic acids is 2. The molecule has 0 radical (unpaired) electrons. The van der Waals surface area contributed by atoms with Gasteiger partial charge >= 0.3 is 0 Å². The van der Waals surface area contributed by atoms with Crippen molar-refractivity contribution < 1.29 is 14.0 Å². The molecule has 2 N–H and O–H groups in total. The SMILES string of the molecule is CCC[C@H]1C(=O)N(Cc2ccc3c(N)ncnc3c2)CCN1C(=O)c1cc2ccc(Cl)cc2o1. The molecule has 0 saturated carbocycles. The van der Waals surface area contributed by atoms with Gasteiger partial charge in [0.1, 0.15) is 23.8 Å². The van der Waals surface area contributed by atoms with E-state index >= 15 is 0 Å². The van der Waals surface area contributed by atoms with Crippen molar-refractivity contribution in [2.45, 2.75) is 32.4 Å². The topological polar surface area (TPSA) is 106 Å². The van der Waals surface area contributed by atoms with Crippen LogP contribution in [0.1, 0.15) is 35.9 Å². The monoisotopic (exact) mass is 477 g/mol. The predicted molar refractivity (Wildman–Crippen MR) is 130 cm³/mol. The summed E-state index contributed by atoms with van der Waals surface area (Å²) in [7, 11) is 0. The maximum atomic E-state index is 13.4. The quantitative estimate of drug-likeness (QED) is 0.460. The molecule has 1 aliphatic heterocycles. The van der Waals surface area contributed by atoms with Gasteiger partial charge in [-0.2, -0.15) is 0 Å². The van der Waals surface area contributed by atoms with Gasteiger partial charge in [0.2, 0.25) is 5.91 Å². The van der Waals surface area contributed by atoms with Crippen molar-refractivity contribution in [3.63, 3.8) is 0 Å². The summed E-state index contributed by atoms with van der Waals surface area (Å²) >= 11 is 6.04. The van der Waals surface area contributed by atoms with Gasteiger partial charge in [-0.05, 0) is 42.3 Å². The van der Waals surface area contributed by atoms with E-state index in [0.29, 0.717) is 42.5 Å². The first-order valence-corrected chi connectivity index (χ1v) is 11.6. The summed E-state index contributed by atoms with van der Waals surface area (Å²) in [4.78, 5) is 38.5. The molecular formula is C25H24ClN5O3. The van der Waals surface area contributed by atoms with Crippen LogP contribution in [0.3, 0.4) is 0 Å². The van der Waals surface area contributed by atoms with E-state index in [-0.39, 0.29) is 17.6 Å². The third kappa shape index (κ3) is 4.05. The Morgan fingerprint density at radius 1 is 1.18 bits per heavy atom. The van der Waals surface area contributed by atoms with Crippen molar-refractivity contribution in [1.29, 1.82) is 0 Å². The second-order valence-electron chi connectivity index (χ2n) is 8.47. The maximum absolute atomic E-state index is 13.4. The Hall–Kier alpha value is -3.65. The first kappa shape index (κ1) is 22.2. The number of hydrogen-bond donors (Lipinski definition) is 1. The molecule has 174 valence electrons. The van der Waals surface area contributed by atoms with E-state index in [0.717, 1.165) is 28.3 Å². The first-order valence-electron chi connectivity index (χ1n) is 11.2. The molecule has 2 aromatic carbocycles. The minimum Gasteiger partial charge on any atom is -0.451 e. The van der Waals surface area contributed by atoms with E-state index in [1.807, 2.05) is 31.2 Å². The van der Waals surface area contributed by atoms with Crippen LogP contribution >= 0.6 is 11.6 Å². The van der Waals surface area contributed by atoms with Crippen LogP contribution in [0, 0.1) is 0 Å². The van der Waals surface area contributed by atoms with Crippen molar-refractivity contribution in [2.75, 3.05) is 18.8 Å². The summed E-state index contributed by atoms with van der Waals surface area (Å²) in [6.07, 6.45) is 2.78. The van der Waals surface area contributed by atoms with E-state index in [9.17, 15) is 9.59 Å². The minimum absolute atomic E-state index is 0.0668. The Balaban J connectivity index is 1.37. The van der Waals surface area contributed by atoms with E-state index < -0.39 is 6.04 Å². The van der Waals surface area contributed by atoms with Crippen molar-refractivity contribution in [2.24, 2.45) is 0 Å². The van der Waals surface area contributed by atoms with Crippen LogP contribution < -0.4 is 5.73 Å². The molecule has 0 unspecified atom stereocenters. The van der Waals surface area contributed by atoms with Gasteiger partial charge in [0.05, 0.1) is 5.52 Å². The van der Waals surface area contributed by atoms with Crippen LogP contribution in [0.2, 0.25) is 5.02 Å². The number of piperazine rings is 1. The van der Waals surface area contributed by atoms with Gasteiger partial charge < -0.3 is 20.0 Å². The van der Waals surface area contributed by atoms with Crippen molar-refractivity contribution in [1.82, 2.24) is 19.8 Å². The smallest absolute Gasteiger partial charge is 0.290 e. The number of aromatic nitrogens is 2. The number of hydrogen-bond acceptors (Lipinski definition) is 6. The lowest BCUT2D eigenvalue weighted by atomic mass is 10.0. The summed E-state index contributed by atoms with van der Waals surface area (Å²) in [5.41, 5.74) is 8.15. The maximum Gasteiger partial charge on any atom is 0.290 e. The van der Waals surface area contributed by atoms with Gasteiger partial charge in [0.15, 0.2) is 5.76 Å². The highest BCUT2D eigenvalue weighted by Crippen LogP contribution is 2.27. The molecule has 2 aromatic heterocycles. The Morgan fingerprint density at radius 3 is 2.85 bits per heavy atom. The summed E-state index contributed by atoms with van der Waals surface area (Å²) in [5, 5.41) is 2.12. The standard InChI is InChI=1S/C25H24ClN5O3/c1-2-3-20-24(32)30(13-15-4-7-18-19(10-15)28-14-29-23(18)27)8-9-31(20)25(33)22-11-16-5-6-17(26)12-21(16)34-22/h4-7,10-12,14,20H,2-3,8-9,13H2,1H3,(H2,27,28,29)/t20-/m0/s1. The lowest BCUT2D eigenvalue weighted by Gasteiger charge is -2.40. The number of anilines is 1. The zero-order chi connectivity index (χ0) is 23.8. The van der Waals surface area contributed by atoms with Gasteiger partial charge in [-0.25, -0.2) is 9.97 Å². The normalized spacial score (nSPS) is 16.5. The fourth-order valence-corrected chi connectivity index (χ4v) is 4.65. The molecular weight excluding hydrogens is 454 g/mol. The molecule has 1 saturated heterocycles. The highest BCUT2D eigenvalue weighted by atomic mass is 35.5. The number of rotatable bonds is 5. The van der Waals surface area contributed by atoms with Crippen molar-refractivity contribution in [3.8, 4) is 0 Å². The van der Waals surface area contributed by atoms with Gasteiger partial charge in [0, 0.05) is 41.5 Å². The number of fused-ring (bicyclic) bond motifs is 2. The molecule has 3 heterocycles. The van der Waals surface area contributed by atoms with Crippen LogP contribution in [0.4, 0.5) is 5.82 Å². The van der Waals surface area contributed by atoms with E-state index in [1.54, 1.807) is 28.0 Å². The van der Waals surface area contributed by atoms with Crippen LogP contribution in [0.25, 0.3) is 21.9 Å².